The number of nitrogens with one attached hydrogen (secondary N) is 2. The Hall–Kier alpha value is -2.57. The molecular formula is C24H39N3O4. The van der Waals surface area contributed by atoms with Gasteiger partial charge in [-0.15, -0.1) is 0 Å². The average Bonchev–Trinajstić information content (AvgIpc) is 2.69. The molecule has 1 aromatic rings. The summed E-state index contributed by atoms with van der Waals surface area (Å²) < 4.78 is 5.22. The number of hydrogen-bond donors (Lipinski definition) is 2. The topological polar surface area (TPSA) is 87.7 Å². The van der Waals surface area contributed by atoms with Crippen LogP contribution < -0.4 is 10.6 Å². The Kier molecular flexibility index (Phi) is 11.1. The van der Waals surface area contributed by atoms with Crippen LogP contribution in [0.5, 0.6) is 0 Å². The van der Waals surface area contributed by atoms with Crippen molar-refractivity contribution in [2.24, 2.45) is 0 Å². The van der Waals surface area contributed by atoms with Crippen molar-refractivity contribution in [3.8, 4) is 0 Å². The lowest BCUT2D eigenvalue weighted by Crippen LogP contribution is -2.48. The summed E-state index contributed by atoms with van der Waals surface area (Å²) in [7, 11) is 0. The van der Waals surface area contributed by atoms with E-state index in [1.165, 1.54) is 0 Å². The van der Waals surface area contributed by atoms with E-state index in [1.807, 2.05) is 38.1 Å². The highest BCUT2D eigenvalue weighted by atomic mass is 16.6. The summed E-state index contributed by atoms with van der Waals surface area (Å²) in [5, 5.41) is 5.50. The number of alkyl carbamates (subject to hydrolysis) is 1. The fourth-order valence-corrected chi connectivity index (χ4v) is 3.23. The maximum Gasteiger partial charge on any atom is 0.408 e. The number of aryl methyl sites for hydroxylation is 1. The third-order valence-corrected chi connectivity index (χ3v) is 4.69. The number of benzene rings is 1. The van der Waals surface area contributed by atoms with Crippen LogP contribution in [0.4, 0.5) is 4.79 Å². The van der Waals surface area contributed by atoms with Gasteiger partial charge in [0.2, 0.25) is 11.8 Å². The van der Waals surface area contributed by atoms with Gasteiger partial charge < -0.3 is 20.3 Å². The largest absolute Gasteiger partial charge is 0.444 e. The number of amides is 3. The van der Waals surface area contributed by atoms with Crippen molar-refractivity contribution in [1.29, 1.82) is 0 Å². The number of unbranched alkanes of at least 4 members (excludes halogenated alkanes) is 2. The third-order valence-electron chi connectivity index (χ3n) is 4.69. The Balaban J connectivity index is 3.06. The zero-order valence-corrected chi connectivity index (χ0v) is 19.9. The Labute approximate surface area is 186 Å². The molecule has 0 fully saturated rings. The van der Waals surface area contributed by atoms with Gasteiger partial charge in [-0.05, 0) is 51.7 Å². The molecule has 1 aromatic carbocycles. The summed E-state index contributed by atoms with van der Waals surface area (Å²) >= 11 is 0. The molecule has 0 aromatic heterocycles. The Morgan fingerprint density at radius 2 is 1.71 bits per heavy atom. The number of carbonyl (C=O) groups is 3. The van der Waals surface area contributed by atoms with E-state index in [2.05, 4.69) is 17.6 Å². The molecule has 2 N–H and O–H groups in total. The molecule has 0 aliphatic rings. The van der Waals surface area contributed by atoms with E-state index >= 15 is 0 Å². The molecule has 0 heterocycles. The minimum absolute atomic E-state index is 0.204. The smallest absolute Gasteiger partial charge is 0.408 e. The van der Waals surface area contributed by atoms with Crippen LogP contribution in [-0.4, -0.2) is 48.0 Å². The molecule has 31 heavy (non-hydrogen) atoms. The minimum Gasteiger partial charge on any atom is -0.444 e. The van der Waals surface area contributed by atoms with E-state index in [9.17, 15) is 14.4 Å². The van der Waals surface area contributed by atoms with E-state index < -0.39 is 17.7 Å². The maximum absolute atomic E-state index is 13.2. The number of rotatable bonds is 11. The lowest BCUT2D eigenvalue weighted by molar-refractivity contribution is -0.140. The van der Waals surface area contributed by atoms with E-state index in [1.54, 1.807) is 25.7 Å². The van der Waals surface area contributed by atoms with E-state index in [0.717, 1.165) is 30.4 Å². The van der Waals surface area contributed by atoms with Crippen molar-refractivity contribution in [3.63, 3.8) is 0 Å². The van der Waals surface area contributed by atoms with E-state index in [0.29, 0.717) is 19.5 Å². The molecule has 3 amide bonds. The highest BCUT2D eigenvalue weighted by molar-refractivity contribution is 5.90. The zero-order valence-electron chi connectivity index (χ0n) is 19.9. The standard InChI is InChI=1S/C24H39N3O4/c1-7-9-12-15-25-22(29)21(19-14-11-10-13-18(19)3)27(16-8-2)20(28)17-26-23(30)31-24(4,5)6/h10-11,13-14,21H,7-9,12,15-17H2,1-6H3,(H,25,29)(H,26,30). The van der Waals surface area contributed by atoms with Crippen molar-refractivity contribution >= 4 is 17.9 Å². The average molecular weight is 434 g/mol. The molecule has 174 valence electrons. The second kappa shape index (κ2) is 13.0. The Morgan fingerprint density at radius 3 is 2.29 bits per heavy atom. The Bertz CT molecular complexity index is 728. The van der Waals surface area contributed by atoms with Crippen LogP contribution in [-0.2, 0) is 14.3 Å². The molecule has 0 spiro atoms. The van der Waals surface area contributed by atoms with Crippen LogP contribution in [0.2, 0.25) is 0 Å². The third kappa shape index (κ3) is 9.40. The summed E-state index contributed by atoms with van der Waals surface area (Å²) in [4.78, 5) is 39.8. The van der Waals surface area contributed by atoms with Crippen molar-refractivity contribution in [2.45, 2.75) is 78.9 Å². The summed E-state index contributed by atoms with van der Waals surface area (Å²) in [6.07, 6.45) is 3.02. The molecule has 1 rings (SSSR count). The first kappa shape index (κ1) is 26.5. The lowest BCUT2D eigenvalue weighted by atomic mass is 9.98. The monoisotopic (exact) mass is 433 g/mol. The molecular weight excluding hydrogens is 394 g/mol. The van der Waals surface area contributed by atoms with Crippen molar-refractivity contribution in [1.82, 2.24) is 15.5 Å². The molecule has 0 aliphatic carbocycles. The minimum atomic E-state index is -0.754. The van der Waals surface area contributed by atoms with Gasteiger partial charge in [0.15, 0.2) is 0 Å². The lowest BCUT2D eigenvalue weighted by Gasteiger charge is -2.32. The van der Waals surface area contributed by atoms with Gasteiger partial charge in [-0.25, -0.2) is 4.79 Å². The highest BCUT2D eigenvalue weighted by Gasteiger charge is 2.32. The first-order valence-electron chi connectivity index (χ1n) is 11.2. The number of nitrogens with zero attached hydrogens (tertiary/aromatic N) is 1. The predicted molar refractivity (Wildman–Crippen MR) is 123 cm³/mol. The number of carbonyl (C=O) groups excluding carboxylic acids is 3. The second-order valence-corrected chi connectivity index (χ2v) is 8.70. The van der Waals surface area contributed by atoms with Crippen LogP contribution >= 0.6 is 0 Å². The SMILES string of the molecule is CCCCCNC(=O)C(c1ccccc1C)N(CCC)C(=O)CNC(=O)OC(C)(C)C. The molecule has 0 saturated carbocycles. The quantitative estimate of drug-likeness (QED) is 0.514. The number of ether oxygens (including phenoxy) is 1. The van der Waals surface area contributed by atoms with Crippen molar-refractivity contribution in [3.05, 3.63) is 35.4 Å². The molecule has 0 saturated heterocycles. The molecule has 0 radical (unpaired) electrons. The zero-order chi connectivity index (χ0) is 23.4. The van der Waals surface area contributed by atoms with E-state index in [4.69, 9.17) is 4.74 Å². The number of hydrogen-bond acceptors (Lipinski definition) is 4. The molecule has 1 unspecified atom stereocenters. The van der Waals surface area contributed by atoms with E-state index in [-0.39, 0.29) is 18.4 Å². The summed E-state index contributed by atoms with van der Waals surface area (Å²) in [5.41, 5.74) is 1.07. The Morgan fingerprint density at radius 1 is 1.03 bits per heavy atom. The summed E-state index contributed by atoms with van der Waals surface area (Å²) in [6, 6.07) is 6.83. The van der Waals surface area contributed by atoms with Crippen LogP contribution in [0.1, 0.15) is 77.5 Å². The first-order valence-corrected chi connectivity index (χ1v) is 11.2. The van der Waals surface area contributed by atoms with Gasteiger partial charge in [-0.1, -0.05) is 51.0 Å². The van der Waals surface area contributed by atoms with Crippen LogP contribution in [0.3, 0.4) is 0 Å². The molecule has 0 aliphatic heterocycles. The van der Waals surface area contributed by atoms with Gasteiger partial charge in [0.05, 0.1) is 0 Å². The van der Waals surface area contributed by atoms with Gasteiger partial charge >= 0.3 is 6.09 Å². The fourth-order valence-electron chi connectivity index (χ4n) is 3.23. The molecule has 1 atom stereocenters. The summed E-state index contributed by atoms with van der Waals surface area (Å²) in [5.74, 6) is -0.533. The van der Waals surface area contributed by atoms with Gasteiger partial charge in [-0.2, -0.15) is 0 Å². The van der Waals surface area contributed by atoms with Gasteiger partial charge in [0, 0.05) is 13.1 Å². The van der Waals surface area contributed by atoms with Crippen LogP contribution in [0.25, 0.3) is 0 Å². The maximum atomic E-state index is 13.2. The van der Waals surface area contributed by atoms with Crippen molar-refractivity contribution < 1.29 is 19.1 Å². The molecule has 0 bridgehead atoms. The summed E-state index contributed by atoms with van der Waals surface area (Å²) in [6.45, 7) is 12.0. The van der Waals surface area contributed by atoms with Gasteiger partial charge in [0.25, 0.3) is 0 Å². The van der Waals surface area contributed by atoms with Gasteiger partial charge in [-0.3, -0.25) is 9.59 Å². The van der Waals surface area contributed by atoms with Crippen LogP contribution in [0, 0.1) is 6.92 Å². The normalized spacial score (nSPS) is 12.1. The van der Waals surface area contributed by atoms with Gasteiger partial charge in [0.1, 0.15) is 18.2 Å². The molecule has 7 nitrogen and oxygen atoms in total. The van der Waals surface area contributed by atoms with Crippen molar-refractivity contribution in [2.75, 3.05) is 19.6 Å². The predicted octanol–water partition coefficient (Wildman–Crippen LogP) is 4.11. The first-order chi connectivity index (χ1) is 14.6. The second-order valence-electron chi connectivity index (χ2n) is 8.70. The fraction of sp³-hybridized carbons (Fsp3) is 0.625. The highest BCUT2D eigenvalue weighted by Crippen LogP contribution is 2.25. The van der Waals surface area contributed by atoms with Crippen LogP contribution in [0.15, 0.2) is 24.3 Å². The molecule has 7 heteroatoms.